The second-order valence-corrected chi connectivity index (χ2v) is 7.56. The first-order chi connectivity index (χ1) is 15.0. The molecule has 0 radical (unpaired) electrons. The fourth-order valence-corrected chi connectivity index (χ4v) is 3.31. The van der Waals surface area contributed by atoms with Crippen LogP contribution >= 0.6 is 0 Å². The fraction of sp³-hybridized carbons (Fsp3) is 0.231. The van der Waals surface area contributed by atoms with Crippen molar-refractivity contribution in [3.05, 3.63) is 101 Å². The Labute approximate surface area is 182 Å². The number of likely N-dealkylation sites (N-methyl/N-ethyl adjacent to an activating group) is 1. The van der Waals surface area contributed by atoms with Crippen LogP contribution in [0.3, 0.4) is 0 Å². The molecule has 0 aliphatic heterocycles. The summed E-state index contributed by atoms with van der Waals surface area (Å²) in [7, 11) is 1.79. The highest BCUT2D eigenvalue weighted by atomic mass is 16.5. The van der Waals surface area contributed by atoms with Crippen molar-refractivity contribution in [2.45, 2.75) is 25.9 Å². The van der Waals surface area contributed by atoms with E-state index in [0.717, 1.165) is 17.5 Å². The van der Waals surface area contributed by atoms with Gasteiger partial charge in [0, 0.05) is 13.6 Å². The molecule has 5 heteroatoms. The monoisotopic (exact) mass is 417 g/mol. The maximum Gasteiger partial charge on any atom is 0.307 e. The zero-order valence-corrected chi connectivity index (χ0v) is 17.7. The summed E-state index contributed by atoms with van der Waals surface area (Å²) in [6.07, 6.45) is 0.863. The zero-order valence-electron chi connectivity index (χ0n) is 17.7. The molecule has 0 aromatic heterocycles. The third kappa shape index (κ3) is 7.30. The number of nitrogens with zero attached hydrogens (tertiary/aromatic N) is 1. The summed E-state index contributed by atoms with van der Waals surface area (Å²) in [4.78, 5) is 25.6. The Morgan fingerprint density at radius 2 is 1.39 bits per heavy atom. The van der Waals surface area contributed by atoms with E-state index in [0.29, 0.717) is 24.5 Å². The van der Waals surface area contributed by atoms with Crippen molar-refractivity contribution < 1.29 is 19.4 Å². The minimum atomic E-state index is -0.919. The Kier molecular flexibility index (Phi) is 7.82. The van der Waals surface area contributed by atoms with E-state index >= 15 is 0 Å². The minimum Gasteiger partial charge on any atom is -0.489 e. The number of carboxylic acids is 1. The Hall–Kier alpha value is -3.60. The van der Waals surface area contributed by atoms with Gasteiger partial charge < -0.3 is 14.7 Å². The van der Waals surface area contributed by atoms with E-state index in [1.165, 1.54) is 5.56 Å². The molecule has 5 nitrogen and oxygen atoms in total. The summed E-state index contributed by atoms with van der Waals surface area (Å²) in [5, 5.41) is 9.19. The molecular formula is C26H27NO4. The van der Waals surface area contributed by atoms with Gasteiger partial charge in [-0.2, -0.15) is 0 Å². The van der Waals surface area contributed by atoms with Crippen molar-refractivity contribution in [3.63, 3.8) is 0 Å². The van der Waals surface area contributed by atoms with Gasteiger partial charge in [0.15, 0.2) is 0 Å². The number of aliphatic carboxylic acids is 1. The van der Waals surface area contributed by atoms with Gasteiger partial charge in [0.2, 0.25) is 5.91 Å². The van der Waals surface area contributed by atoms with Gasteiger partial charge in [0.1, 0.15) is 12.4 Å². The first-order valence-electron chi connectivity index (χ1n) is 10.3. The maximum absolute atomic E-state index is 12.7. The SMILES string of the molecule is CN(CCc1ccccc1)C(=O)Cc1cc(CC(=O)O)cc(OCc2ccccc2)c1. The summed E-state index contributed by atoms with van der Waals surface area (Å²) >= 11 is 0. The van der Waals surface area contributed by atoms with Gasteiger partial charge in [-0.25, -0.2) is 0 Å². The van der Waals surface area contributed by atoms with Crippen LogP contribution in [0.2, 0.25) is 0 Å². The van der Waals surface area contributed by atoms with Crippen molar-refractivity contribution in [1.29, 1.82) is 0 Å². The van der Waals surface area contributed by atoms with Gasteiger partial charge in [0.05, 0.1) is 12.8 Å². The van der Waals surface area contributed by atoms with Gasteiger partial charge in [-0.05, 0) is 40.8 Å². The minimum absolute atomic E-state index is 0.0163. The van der Waals surface area contributed by atoms with Gasteiger partial charge in [-0.3, -0.25) is 9.59 Å². The number of benzene rings is 3. The third-order valence-electron chi connectivity index (χ3n) is 4.99. The molecule has 0 atom stereocenters. The molecule has 0 heterocycles. The highest BCUT2D eigenvalue weighted by Gasteiger charge is 2.13. The van der Waals surface area contributed by atoms with Gasteiger partial charge in [0.25, 0.3) is 0 Å². The highest BCUT2D eigenvalue weighted by molar-refractivity contribution is 5.79. The van der Waals surface area contributed by atoms with Crippen molar-refractivity contribution in [3.8, 4) is 5.75 Å². The number of rotatable bonds is 10. The Bertz CT molecular complexity index is 1000. The van der Waals surface area contributed by atoms with Crippen LogP contribution in [0, 0.1) is 0 Å². The van der Waals surface area contributed by atoms with Crippen LogP contribution in [0.4, 0.5) is 0 Å². The molecule has 31 heavy (non-hydrogen) atoms. The van der Waals surface area contributed by atoms with Crippen LogP contribution < -0.4 is 4.74 Å². The summed E-state index contributed by atoms with van der Waals surface area (Å²) in [5.74, 6) is -0.368. The first kappa shape index (κ1) is 22.1. The predicted octanol–water partition coefficient (Wildman–Crippen LogP) is 4.14. The number of hydrogen-bond donors (Lipinski definition) is 1. The van der Waals surface area contributed by atoms with Crippen LogP contribution in [0.1, 0.15) is 22.3 Å². The second kappa shape index (κ2) is 11.0. The van der Waals surface area contributed by atoms with E-state index in [1.807, 2.05) is 66.7 Å². The fourth-order valence-electron chi connectivity index (χ4n) is 3.31. The lowest BCUT2D eigenvalue weighted by atomic mass is 10.0. The molecule has 0 fully saturated rings. The van der Waals surface area contributed by atoms with Crippen LogP contribution in [0.25, 0.3) is 0 Å². The van der Waals surface area contributed by atoms with Crippen LogP contribution in [0.15, 0.2) is 78.9 Å². The van der Waals surface area contributed by atoms with Crippen molar-refractivity contribution in [1.82, 2.24) is 4.90 Å². The largest absolute Gasteiger partial charge is 0.489 e. The summed E-state index contributed by atoms with van der Waals surface area (Å²) in [6, 6.07) is 25.1. The van der Waals surface area contributed by atoms with E-state index in [-0.39, 0.29) is 18.7 Å². The molecule has 0 saturated carbocycles. The van der Waals surface area contributed by atoms with E-state index in [2.05, 4.69) is 0 Å². The van der Waals surface area contributed by atoms with Crippen LogP contribution in [-0.4, -0.2) is 35.5 Å². The molecule has 3 aromatic carbocycles. The van der Waals surface area contributed by atoms with Crippen molar-refractivity contribution >= 4 is 11.9 Å². The molecule has 0 saturated heterocycles. The van der Waals surface area contributed by atoms with E-state index < -0.39 is 5.97 Å². The second-order valence-electron chi connectivity index (χ2n) is 7.56. The smallest absolute Gasteiger partial charge is 0.307 e. The Balaban J connectivity index is 1.66. The molecule has 0 bridgehead atoms. The number of carboxylic acid groups (broad SMARTS) is 1. The van der Waals surface area contributed by atoms with Crippen molar-refractivity contribution in [2.24, 2.45) is 0 Å². The molecule has 1 amide bonds. The molecule has 1 N–H and O–H groups in total. The molecule has 0 aliphatic rings. The number of carbonyl (C=O) groups is 2. The Morgan fingerprint density at radius 1 is 0.806 bits per heavy atom. The molecule has 3 rings (SSSR count). The lowest BCUT2D eigenvalue weighted by molar-refractivity contribution is -0.136. The maximum atomic E-state index is 12.7. The van der Waals surface area contributed by atoms with E-state index in [1.54, 1.807) is 24.1 Å². The molecular weight excluding hydrogens is 390 g/mol. The quantitative estimate of drug-likeness (QED) is 0.539. The number of hydrogen-bond acceptors (Lipinski definition) is 3. The number of amides is 1. The van der Waals surface area contributed by atoms with Crippen LogP contribution in [0.5, 0.6) is 5.75 Å². The average Bonchev–Trinajstić information content (AvgIpc) is 2.77. The normalized spacial score (nSPS) is 10.5. The average molecular weight is 418 g/mol. The lowest BCUT2D eigenvalue weighted by Crippen LogP contribution is -2.30. The van der Waals surface area contributed by atoms with E-state index in [9.17, 15) is 14.7 Å². The summed E-state index contributed by atoms with van der Waals surface area (Å²) in [6.45, 7) is 0.997. The topological polar surface area (TPSA) is 66.8 Å². The number of carbonyl (C=O) groups excluding carboxylic acids is 1. The summed E-state index contributed by atoms with van der Waals surface area (Å²) < 4.78 is 5.88. The van der Waals surface area contributed by atoms with Gasteiger partial charge >= 0.3 is 5.97 Å². The van der Waals surface area contributed by atoms with Gasteiger partial charge in [-0.15, -0.1) is 0 Å². The zero-order chi connectivity index (χ0) is 22.1. The lowest BCUT2D eigenvalue weighted by Gasteiger charge is -2.18. The Morgan fingerprint density at radius 3 is 2.00 bits per heavy atom. The molecule has 3 aromatic rings. The standard InChI is InChI=1S/C26H27NO4/c1-27(13-12-20-8-4-2-5-9-20)25(28)17-22-14-23(18-26(29)30)16-24(15-22)31-19-21-10-6-3-7-11-21/h2-11,14-16H,12-13,17-19H2,1H3,(H,29,30). The summed E-state index contributed by atoms with van der Waals surface area (Å²) in [5.41, 5.74) is 3.57. The first-order valence-corrected chi connectivity index (χ1v) is 10.3. The molecule has 0 unspecified atom stereocenters. The van der Waals surface area contributed by atoms with Crippen LogP contribution in [-0.2, 0) is 35.5 Å². The van der Waals surface area contributed by atoms with Crippen molar-refractivity contribution in [2.75, 3.05) is 13.6 Å². The number of ether oxygens (including phenoxy) is 1. The highest BCUT2D eigenvalue weighted by Crippen LogP contribution is 2.20. The molecule has 0 aliphatic carbocycles. The van der Waals surface area contributed by atoms with Gasteiger partial charge in [-0.1, -0.05) is 66.7 Å². The van der Waals surface area contributed by atoms with E-state index in [4.69, 9.17) is 4.74 Å². The third-order valence-corrected chi connectivity index (χ3v) is 4.99. The molecule has 0 spiro atoms. The molecule has 160 valence electrons. The predicted molar refractivity (Wildman–Crippen MR) is 120 cm³/mol.